The molecule has 1 aromatic heterocycles. The van der Waals surface area contributed by atoms with Gasteiger partial charge in [-0.2, -0.15) is 5.10 Å². The van der Waals surface area contributed by atoms with E-state index in [2.05, 4.69) is 63.6 Å². The second-order valence-electron chi connectivity index (χ2n) is 5.63. The van der Waals surface area contributed by atoms with Crippen molar-refractivity contribution >= 4 is 0 Å². The number of aromatic nitrogens is 2. The van der Waals surface area contributed by atoms with E-state index in [9.17, 15) is 0 Å². The van der Waals surface area contributed by atoms with Gasteiger partial charge < -0.3 is 0 Å². The van der Waals surface area contributed by atoms with Crippen molar-refractivity contribution in [3.05, 3.63) is 18.0 Å². The summed E-state index contributed by atoms with van der Waals surface area (Å²) in [5.41, 5.74) is 1.63. The Hall–Kier alpha value is -0.790. The number of rotatable bonds is 0. The molecule has 2 heteroatoms. The highest BCUT2D eigenvalue weighted by molar-refractivity contribution is 5.07. The minimum atomic E-state index is 0.142. The van der Waals surface area contributed by atoms with Gasteiger partial charge >= 0.3 is 0 Å². The first kappa shape index (κ1) is 10.3. The molecule has 0 amide bonds. The summed E-state index contributed by atoms with van der Waals surface area (Å²) in [7, 11) is 0. The minimum absolute atomic E-state index is 0.142. The summed E-state index contributed by atoms with van der Waals surface area (Å²) < 4.78 is 2.15. The maximum atomic E-state index is 3.41. The second-order valence-corrected chi connectivity index (χ2v) is 5.63. The molecule has 0 aliphatic rings. The van der Waals surface area contributed by atoms with Crippen LogP contribution in [0.5, 0.6) is 0 Å². The smallest absolute Gasteiger partial charge is 0.169 e. The number of hydrogen-bond acceptors (Lipinski definition) is 0. The van der Waals surface area contributed by atoms with E-state index in [0.717, 1.165) is 0 Å². The fourth-order valence-electron chi connectivity index (χ4n) is 1.16. The molecule has 74 valence electrons. The molecule has 0 radical (unpaired) electrons. The maximum absolute atomic E-state index is 3.41. The average molecular weight is 181 g/mol. The van der Waals surface area contributed by atoms with Crippen LogP contribution in [0.15, 0.2) is 12.3 Å². The molecule has 0 fully saturated rings. The molecule has 0 unspecified atom stereocenters. The molecule has 0 saturated carbocycles. The zero-order valence-corrected chi connectivity index (χ0v) is 9.60. The summed E-state index contributed by atoms with van der Waals surface area (Å²) in [5, 5.41) is 3.41. The number of aromatic amines is 1. The normalized spacial score (nSPS) is 13.4. The third kappa shape index (κ3) is 2.33. The van der Waals surface area contributed by atoms with E-state index in [4.69, 9.17) is 0 Å². The van der Waals surface area contributed by atoms with Crippen molar-refractivity contribution in [1.29, 1.82) is 0 Å². The molecule has 0 aromatic carbocycles. The van der Waals surface area contributed by atoms with E-state index < -0.39 is 0 Å². The highest BCUT2D eigenvalue weighted by Gasteiger charge is 2.26. The van der Waals surface area contributed by atoms with Crippen LogP contribution in [0.25, 0.3) is 0 Å². The van der Waals surface area contributed by atoms with Crippen LogP contribution in [-0.4, -0.2) is 5.10 Å². The number of nitrogens with one attached hydrogen (secondary N) is 1. The Bertz CT molecular complexity index is 255. The van der Waals surface area contributed by atoms with Gasteiger partial charge in [0.2, 0.25) is 0 Å². The number of nitrogens with zero attached hydrogens (tertiary/aromatic N) is 1. The highest BCUT2D eigenvalue weighted by Crippen LogP contribution is 2.18. The first-order chi connectivity index (χ1) is 5.71. The van der Waals surface area contributed by atoms with Gasteiger partial charge in [0.05, 0.1) is 5.69 Å². The van der Waals surface area contributed by atoms with Crippen molar-refractivity contribution in [2.75, 3.05) is 0 Å². The number of hydrogen-bond donors (Lipinski definition) is 1. The standard InChI is InChI=1S/C11H20N2/c1-10(2,3)9-7-8-13(12-9)11(4,5)6/h7-8H,1-6H3/p+1. The molecular formula is C11H21N2+. The van der Waals surface area contributed by atoms with Crippen LogP contribution < -0.4 is 4.68 Å². The van der Waals surface area contributed by atoms with E-state index in [1.807, 2.05) is 0 Å². The van der Waals surface area contributed by atoms with Crippen molar-refractivity contribution < 1.29 is 4.68 Å². The Labute approximate surface area is 81.0 Å². The van der Waals surface area contributed by atoms with E-state index in [1.165, 1.54) is 5.69 Å². The van der Waals surface area contributed by atoms with Gasteiger partial charge in [-0.05, 0) is 0 Å². The van der Waals surface area contributed by atoms with Gasteiger partial charge in [-0.25, -0.2) is 0 Å². The van der Waals surface area contributed by atoms with Crippen LogP contribution in [0, 0.1) is 0 Å². The quantitative estimate of drug-likeness (QED) is 0.593. The molecule has 0 saturated heterocycles. The zero-order valence-electron chi connectivity index (χ0n) is 9.60. The molecule has 2 nitrogen and oxygen atoms in total. The Morgan fingerprint density at radius 3 is 1.85 bits per heavy atom. The molecule has 1 heterocycles. The van der Waals surface area contributed by atoms with Crippen LogP contribution >= 0.6 is 0 Å². The van der Waals surface area contributed by atoms with Crippen molar-refractivity contribution in [2.24, 2.45) is 0 Å². The lowest BCUT2D eigenvalue weighted by Gasteiger charge is -2.15. The van der Waals surface area contributed by atoms with Crippen molar-refractivity contribution in [3.8, 4) is 0 Å². The summed E-state index contributed by atoms with van der Waals surface area (Å²) in [6, 6.07) is 2.16. The molecule has 0 aliphatic heterocycles. The van der Waals surface area contributed by atoms with Crippen LogP contribution in [0.1, 0.15) is 47.2 Å². The zero-order chi connectivity index (χ0) is 10.3. The van der Waals surface area contributed by atoms with E-state index in [0.29, 0.717) is 0 Å². The summed E-state index contributed by atoms with van der Waals surface area (Å²) in [6.45, 7) is 13.2. The lowest BCUT2D eigenvalue weighted by Crippen LogP contribution is -2.51. The molecule has 1 aromatic rings. The summed E-state index contributed by atoms with van der Waals surface area (Å²) >= 11 is 0. The van der Waals surface area contributed by atoms with Gasteiger partial charge in [0, 0.05) is 32.3 Å². The second kappa shape index (κ2) is 2.86. The van der Waals surface area contributed by atoms with E-state index in [1.54, 1.807) is 0 Å². The first-order valence-corrected chi connectivity index (χ1v) is 4.83. The molecule has 0 spiro atoms. The highest BCUT2D eigenvalue weighted by atomic mass is 15.3. The Morgan fingerprint density at radius 1 is 1.08 bits per heavy atom. The SMILES string of the molecule is CC(C)(C)c1cc[n+](C(C)(C)C)[nH]1. The predicted octanol–water partition coefficient (Wildman–Crippen LogP) is 2.35. The molecule has 0 atom stereocenters. The topological polar surface area (TPSA) is 19.7 Å². The minimum Gasteiger partial charge on any atom is -0.169 e. The van der Waals surface area contributed by atoms with Gasteiger partial charge in [-0.15, -0.1) is 4.68 Å². The summed E-state index contributed by atoms with van der Waals surface area (Å²) in [5.74, 6) is 0. The molecule has 1 N–H and O–H groups in total. The van der Waals surface area contributed by atoms with Gasteiger partial charge in [0.25, 0.3) is 0 Å². The third-order valence-electron chi connectivity index (χ3n) is 2.16. The van der Waals surface area contributed by atoms with Crippen LogP contribution in [-0.2, 0) is 11.0 Å². The van der Waals surface area contributed by atoms with E-state index >= 15 is 0 Å². The maximum Gasteiger partial charge on any atom is 0.196 e. The largest absolute Gasteiger partial charge is 0.196 e. The third-order valence-corrected chi connectivity index (χ3v) is 2.16. The van der Waals surface area contributed by atoms with Crippen molar-refractivity contribution in [1.82, 2.24) is 5.10 Å². The van der Waals surface area contributed by atoms with Crippen molar-refractivity contribution in [2.45, 2.75) is 52.5 Å². The van der Waals surface area contributed by atoms with Crippen LogP contribution in [0.3, 0.4) is 0 Å². The van der Waals surface area contributed by atoms with Crippen molar-refractivity contribution in [3.63, 3.8) is 0 Å². The first-order valence-electron chi connectivity index (χ1n) is 4.83. The Kier molecular flexibility index (Phi) is 2.27. The lowest BCUT2D eigenvalue weighted by molar-refractivity contribution is -0.803. The molecule has 0 aliphatic carbocycles. The monoisotopic (exact) mass is 181 g/mol. The average Bonchev–Trinajstić information content (AvgIpc) is 2.28. The summed E-state index contributed by atoms with van der Waals surface area (Å²) in [4.78, 5) is 0. The molecular weight excluding hydrogens is 160 g/mol. The molecule has 0 bridgehead atoms. The van der Waals surface area contributed by atoms with Gasteiger partial charge in [-0.3, -0.25) is 0 Å². The predicted molar refractivity (Wildman–Crippen MR) is 54.7 cm³/mol. The molecule has 1 rings (SSSR count). The van der Waals surface area contributed by atoms with Gasteiger partial charge in [-0.1, -0.05) is 20.8 Å². The van der Waals surface area contributed by atoms with Gasteiger partial charge in [0.15, 0.2) is 11.7 Å². The Balaban J connectivity index is 3.01. The number of H-pyrrole nitrogens is 1. The van der Waals surface area contributed by atoms with Crippen LogP contribution in [0.4, 0.5) is 0 Å². The fourth-order valence-corrected chi connectivity index (χ4v) is 1.16. The Morgan fingerprint density at radius 2 is 1.62 bits per heavy atom. The summed E-state index contributed by atoms with van der Waals surface area (Å²) in [6.07, 6.45) is 2.11. The fraction of sp³-hybridized carbons (Fsp3) is 0.727. The van der Waals surface area contributed by atoms with Gasteiger partial charge in [0.1, 0.15) is 0 Å². The molecule has 13 heavy (non-hydrogen) atoms. The lowest BCUT2D eigenvalue weighted by atomic mass is 9.93. The van der Waals surface area contributed by atoms with Crippen LogP contribution in [0.2, 0.25) is 0 Å². The van der Waals surface area contributed by atoms with E-state index in [-0.39, 0.29) is 11.0 Å².